The van der Waals surface area contributed by atoms with Crippen LogP contribution in [0.25, 0.3) is 0 Å². The van der Waals surface area contributed by atoms with E-state index in [0.717, 1.165) is 12.1 Å². The van der Waals surface area contributed by atoms with E-state index < -0.39 is 23.2 Å². The molecule has 2 rings (SSSR count). The number of hydrogen-bond acceptors (Lipinski definition) is 3. The highest BCUT2D eigenvalue weighted by atomic mass is 35.5. The summed E-state index contributed by atoms with van der Waals surface area (Å²) in [5.41, 5.74) is -0.116. The summed E-state index contributed by atoms with van der Waals surface area (Å²) in [6.45, 7) is 0. The lowest BCUT2D eigenvalue weighted by Crippen LogP contribution is -2.11. The van der Waals surface area contributed by atoms with Crippen molar-refractivity contribution in [3.05, 3.63) is 64.2 Å². The van der Waals surface area contributed by atoms with Crippen LogP contribution in [-0.2, 0) is 0 Å². The second-order valence-corrected chi connectivity index (χ2v) is 4.18. The molecule has 6 heteroatoms. The Morgan fingerprint density at radius 2 is 1.95 bits per heavy atom. The number of nitrogens with zero attached hydrogens (tertiary/aromatic N) is 1. The van der Waals surface area contributed by atoms with Crippen molar-refractivity contribution in [3.63, 3.8) is 0 Å². The van der Waals surface area contributed by atoms with Gasteiger partial charge in [0.15, 0.2) is 0 Å². The molecule has 0 aliphatic carbocycles. The molecule has 0 unspecified atom stereocenters. The Labute approximate surface area is 118 Å². The van der Waals surface area contributed by atoms with Gasteiger partial charge in [-0.05, 0) is 30.3 Å². The first-order chi connectivity index (χ1) is 9.51. The highest BCUT2D eigenvalue weighted by molar-refractivity contribution is 6.32. The van der Waals surface area contributed by atoms with Crippen LogP contribution in [-0.4, -0.2) is 5.97 Å². The Kier molecular flexibility index (Phi) is 3.97. The number of carbonyl (C=O) groups is 1. The SMILES string of the molecule is N#Cc1ccc(OC(=O)c2ccc(F)cc2F)c(Cl)c1. The Morgan fingerprint density at radius 1 is 1.20 bits per heavy atom. The van der Waals surface area contributed by atoms with Crippen molar-refractivity contribution in [2.75, 3.05) is 0 Å². The minimum absolute atomic E-state index is 0.0145. The number of esters is 1. The summed E-state index contributed by atoms with van der Waals surface area (Å²) in [5.74, 6) is -2.84. The van der Waals surface area contributed by atoms with Crippen LogP contribution in [0.15, 0.2) is 36.4 Å². The highest BCUT2D eigenvalue weighted by Gasteiger charge is 2.16. The van der Waals surface area contributed by atoms with Crippen molar-refractivity contribution in [2.45, 2.75) is 0 Å². The predicted octanol–water partition coefficient (Wildman–Crippen LogP) is 3.71. The van der Waals surface area contributed by atoms with Gasteiger partial charge in [-0.2, -0.15) is 5.26 Å². The van der Waals surface area contributed by atoms with Crippen molar-refractivity contribution in [1.82, 2.24) is 0 Å². The number of carbonyl (C=O) groups excluding carboxylic acids is 1. The van der Waals surface area contributed by atoms with E-state index in [0.29, 0.717) is 11.6 Å². The van der Waals surface area contributed by atoms with Crippen molar-refractivity contribution in [3.8, 4) is 11.8 Å². The third-order valence-electron chi connectivity index (χ3n) is 2.41. The van der Waals surface area contributed by atoms with Gasteiger partial charge in [0.1, 0.15) is 17.4 Å². The first kappa shape index (κ1) is 14.0. The number of benzene rings is 2. The minimum atomic E-state index is -1.03. The normalized spacial score (nSPS) is 9.90. The van der Waals surface area contributed by atoms with Crippen molar-refractivity contribution in [2.24, 2.45) is 0 Å². The van der Waals surface area contributed by atoms with E-state index in [-0.39, 0.29) is 10.8 Å². The number of ether oxygens (including phenoxy) is 1. The molecule has 2 aromatic rings. The molecule has 0 heterocycles. The molecule has 0 aromatic heterocycles. The van der Waals surface area contributed by atoms with Crippen LogP contribution in [0.5, 0.6) is 5.75 Å². The molecule has 20 heavy (non-hydrogen) atoms. The maximum absolute atomic E-state index is 13.4. The van der Waals surface area contributed by atoms with Crippen molar-refractivity contribution < 1.29 is 18.3 Å². The predicted molar refractivity (Wildman–Crippen MR) is 67.5 cm³/mol. The molecule has 3 nitrogen and oxygen atoms in total. The molecular formula is C14H6ClF2NO2. The summed E-state index contributed by atoms with van der Waals surface area (Å²) in [7, 11) is 0. The molecule has 0 bridgehead atoms. The summed E-state index contributed by atoms with van der Waals surface area (Å²) in [5, 5.41) is 8.72. The molecule has 0 radical (unpaired) electrons. The summed E-state index contributed by atoms with van der Waals surface area (Å²) >= 11 is 5.82. The first-order valence-corrected chi connectivity index (χ1v) is 5.76. The maximum Gasteiger partial charge on any atom is 0.346 e. The zero-order valence-corrected chi connectivity index (χ0v) is 10.6. The Bertz CT molecular complexity index is 726. The molecule has 0 amide bonds. The summed E-state index contributed by atoms with van der Waals surface area (Å²) < 4.78 is 31.1. The number of halogens is 3. The van der Waals surface area contributed by atoms with Gasteiger partial charge in [0.2, 0.25) is 0 Å². The second-order valence-electron chi connectivity index (χ2n) is 3.77. The van der Waals surface area contributed by atoms with Crippen LogP contribution in [0.4, 0.5) is 8.78 Å². The molecule has 0 spiro atoms. The highest BCUT2D eigenvalue weighted by Crippen LogP contribution is 2.26. The van der Waals surface area contributed by atoms with E-state index in [1.165, 1.54) is 18.2 Å². The molecule has 0 aliphatic rings. The zero-order chi connectivity index (χ0) is 14.7. The fourth-order valence-corrected chi connectivity index (χ4v) is 1.68. The molecule has 0 fully saturated rings. The molecular weight excluding hydrogens is 288 g/mol. The molecule has 0 atom stereocenters. The van der Waals surface area contributed by atoms with Gasteiger partial charge in [-0.3, -0.25) is 0 Å². The molecule has 0 saturated carbocycles. The van der Waals surface area contributed by atoms with Gasteiger partial charge in [-0.25, -0.2) is 13.6 Å². The molecule has 2 aromatic carbocycles. The van der Waals surface area contributed by atoms with Gasteiger partial charge in [-0.15, -0.1) is 0 Å². The summed E-state index contributed by atoms with van der Waals surface area (Å²) in [6.07, 6.45) is 0. The van der Waals surface area contributed by atoms with Crippen molar-refractivity contribution in [1.29, 1.82) is 5.26 Å². The zero-order valence-electron chi connectivity index (χ0n) is 9.86. The molecule has 0 N–H and O–H groups in total. The maximum atomic E-state index is 13.4. The van der Waals surface area contributed by atoms with Crippen LogP contribution in [0.1, 0.15) is 15.9 Å². The number of hydrogen-bond donors (Lipinski definition) is 0. The van der Waals surface area contributed by atoms with E-state index >= 15 is 0 Å². The quantitative estimate of drug-likeness (QED) is 0.626. The Morgan fingerprint density at radius 3 is 2.55 bits per heavy atom. The van der Waals surface area contributed by atoms with Crippen LogP contribution >= 0.6 is 11.6 Å². The molecule has 0 saturated heterocycles. The van der Waals surface area contributed by atoms with Crippen molar-refractivity contribution >= 4 is 17.6 Å². The van der Waals surface area contributed by atoms with E-state index in [2.05, 4.69) is 0 Å². The fraction of sp³-hybridized carbons (Fsp3) is 0. The van der Waals surface area contributed by atoms with Gasteiger partial charge in [0, 0.05) is 6.07 Å². The Hall–Kier alpha value is -2.45. The van der Waals surface area contributed by atoms with Gasteiger partial charge in [0.25, 0.3) is 0 Å². The van der Waals surface area contributed by atoms with Crippen LogP contribution in [0, 0.1) is 23.0 Å². The number of nitriles is 1. The third kappa shape index (κ3) is 2.92. The third-order valence-corrected chi connectivity index (χ3v) is 2.71. The topological polar surface area (TPSA) is 50.1 Å². The van der Waals surface area contributed by atoms with Crippen LogP contribution in [0.2, 0.25) is 5.02 Å². The monoisotopic (exact) mass is 293 g/mol. The van der Waals surface area contributed by atoms with E-state index in [1.54, 1.807) is 0 Å². The molecule has 100 valence electrons. The van der Waals surface area contributed by atoms with Gasteiger partial charge in [-0.1, -0.05) is 11.6 Å². The van der Waals surface area contributed by atoms with E-state index in [4.69, 9.17) is 21.6 Å². The van der Waals surface area contributed by atoms with Gasteiger partial charge >= 0.3 is 5.97 Å². The molecule has 0 aliphatic heterocycles. The smallest absolute Gasteiger partial charge is 0.346 e. The second kappa shape index (κ2) is 5.68. The lowest BCUT2D eigenvalue weighted by atomic mass is 10.2. The lowest BCUT2D eigenvalue weighted by molar-refractivity contribution is 0.0730. The first-order valence-electron chi connectivity index (χ1n) is 5.38. The summed E-state index contributed by atoms with van der Waals surface area (Å²) in [4.78, 5) is 11.7. The largest absolute Gasteiger partial charge is 0.421 e. The van der Waals surface area contributed by atoms with Gasteiger partial charge in [0.05, 0.1) is 22.2 Å². The Balaban J connectivity index is 2.26. The van der Waals surface area contributed by atoms with Crippen LogP contribution < -0.4 is 4.74 Å². The van der Waals surface area contributed by atoms with Gasteiger partial charge < -0.3 is 4.74 Å². The number of rotatable bonds is 2. The average Bonchev–Trinajstić information content (AvgIpc) is 2.40. The summed E-state index contributed by atoms with van der Waals surface area (Å²) in [6, 6.07) is 8.40. The average molecular weight is 294 g/mol. The fourth-order valence-electron chi connectivity index (χ4n) is 1.46. The van der Waals surface area contributed by atoms with E-state index in [1.807, 2.05) is 6.07 Å². The van der Waals surface area contributed by atoms with Crippen LogP contribution in [0.3, 0.4) is 0 Å². The minimum Gasteiger partial charge on any atom is -0.421 e. The lowest BCUT2D eigenvalue weighted by Gasteiger charge is -2.07. The van der Waals surface area contributed by atoms with E-state index in [9.17, 15) is 13.6 Å². The standard InChI is InChI=1S/C14H6ClF2NO2/c15-11-5-8(7-18)1-4-13(11)20-14(19)10-3-2-9(16)6-12(10)17/h1-6H.